The molecule has 0 unspecified atom stereocenters. The standard InChI is InChI=1S/C14H17FN2OS/c1-9-11-8-10(15)4-5-12(11)19-13(9)14(18)17-7-3-2-6-16/h4-5,8H,2-3,6-7,16H2,1H3,(H,17,18). The van der Waals surface area contributed by atoms with Crippen molar-refractivity contribution in [1.82, 2.24) is 5.32 Å². The van der Waals surface area contributed by atoms with E-state index < -0.39 is 0 Å². The molecule has 0 spiro atoms. The fourth-order valence-corrected chi connectivity index (χ4v) is 3.07. The van der Waals surface area contributed by atoms with Crippen LogP contribution in [0.5, 0.6) is 0 Å². The maximum absolute atomic E-state index is 13.2. The lowest BCUT2D eigenvalue weighted by molar-refractivity contribution is 0.0956. The Labute approximate surface area is 115 Å². The highest BCUT2D eigenvalue weighted by Gasteiger charge is 2.15. The lowest BCUT2D eigenvalue weighted by Gasteiger charge is -2.03. The molecule has 5 heteroatoms. The van der Waals surface area contributed by atoms with E-state index in [4.69, 9.17) is 5.73 Å². The minimum atomic E-state index is -0.275. The third-order valence-corrected chi connectivity index (χ3v) is 4.29. The van der Waals surface area contributed by atoms with Gasteiger partial charge in [0, 0.05) is 11.2 Å². The molecule has 19 heavy (non-hydrogen) atoms. The Morgan fingerprint density at radius 1 is 1.42 bits per heavy atom. The molecule has 2 rings (SSSR count). The van der Waals surface area contributed by atoms with E-state index in [1.54, 1.807) is 6.07 Å². The van der Waals surface area contributed by atoms with Gasteiger partial charge in [0.2, 0.25) is 0 Å². The van der Waals surface area contributed by atoms with Gasteiger partial charge in [0.15, 0.2) is 0 Å². The van der Waals surface area contributed by atoms with Crippen LogP contribution in [0.1, 0.15) is 28.1 Å². The van der Waals surface area contributed by atoms with Gasteiger partial charge >= 0.3 is 0 Å². The molecular formula is C14H17FN2OS. The Balaban J connectivity index is 2.16. The van der Waals surface area contributed by atoms with Crippen molar-refractivity contribution in [3.8, 4) is 0 Å². The quantitative estimate of drug-likeness (QED) is 0.827. The van der Waals surface area contributed by atoms with Crippen molar-refractivity contribution in [1.29, 1.82) is 0 Å². The molecule has 0 bridgehead atoms. The maximum atomic E-state index is 13.2. The molecule has 3 nitrogen and oxygen atoms in total. The summed E-state index contributed by atoms with van der Waals surface area (Å²) >= 11 is 1.40. The third-order valence-electron chi connectivity index (χ3n) is 3.02. The van der Waals surface area contributed by atoms with E-state index in [9.17, 15) is 9.18 Å². The summed E-state index contributed by atoms with van der Waals surface area (Å²) in [5.74, 6) is -0.362. The number of carbonyl (C=O) groups is 1. The predicted octanol–water partition coefficient (Wildman–Crippen LogP) is 2.82. The SMILES string of the molecule is Cc1c(C(=O)NCCCCN)sc2ccc(F)cc12. The van der Waals surface area contributed by atoms with Gasteiger partial charge < -0.3 is 11.1 Å². The van der Waals surface area contributed by atoms with Crippen molar-refractivity contribution in [2.45, 2.75) is 19.8 Å². The Hall–Kier alpha value is -1.46. The predicted molar refractivity (Wildman–Crippen MR) is 77.1 cm³/mol. The summed E-state index contributed by atoms with van der Waals surface area (Å²) in [6.07, 6.45) is 1.78. The summed E-state index contributed by atoms with van der Waals surface area (Å²) in [5.41, 5.74) is 6.24. The van der Waals surface area contributed by atoms with E-state index in [0.717, 1.165) is 28.5 Å². The highest BCUT2D eigenvalue weighted by molar-refractivity contribution is 7.21. The summed E-state index contributed by atoms with van der Waals surface area (Å²) in [6.45, 7) is 3.11. The first-order valence-corrected chi connectivity index (χ1v) is 7.12. The first-order chi connectivity index (χ1) is 9.13. The first-order valence-electron chi connectivity index (χ1n) is 6.30. The van der Waals surface area contributed by atoms with Gasteiger partial charge in [-0.2, -0.15) is 0 Å². The molecule has 0 atom stereocenters. The van der Waals surface area contributed by atoms with E-state index in [2.05, 4.69) is 5.32 Å². The first kappa shape index (κ1) is 14.0. The lowest BCUT2D eigenvalue weighted by atomic mass is 10.1. The van der Waals surface area contributed by atoms with Crippen LogP contribution < -0.4 is 11.1 Å². The van der Waals surface area contributed by atoms with Gasteiger partial charge in [0.1, 0.15) is 5.82 Å². The molecule has 1 amide bonds. The molecule has 1 aromatic heterocycles. The second kappa shape index (κ2) is 6.12. The van der Waals surface area contributed by atoms with Gasteiger partial charge in [-0.1, -0.05) is 0 Å². The maximum Gasteiger partial charge on any atom is 0.261 e. The number of amides is 1. The number of unbranched alkanes of at least 4 members (excludes halogenated alkanes) is 1. The average molecular weight is 280 g/mol. The fraction of sp³-hybridized carbons (Fsp3) is 0.357. The van der Waals surface area contributed by atoms with Crippen LogP contribution in [-0.4, -0.2) is 19.0 Å². The molecule has 102 valence electrons. The minimum absolute atomic E-state index is 0.0869. The number of hydrogen-bond acceptors (Lipinski definition) is 3. The Kier molecular flexibility index (Phi) is 4.50. The normalized spacial score (nSPS) is 10.9. The zero-order valence-corrected chi connectivity index (χ0v) is 11.6. The molecule has 0 aliphatic heterocycles. The average Bonchev–Trinajstić information content (AvgIpc) is 2.72. The number of nitrogens with two attached hydrogens (primary N) is 1. The molecule has 0 aliphatic rings. The van der Waals surface area contributed by atoms with Crippen LogP contribution in [-0.2, 0) is 0 Å². The van der Waals surface area contributed by atoms with Crippen LogP contribution >= 0.6 is 11.3 Å². The number of hydrogen-bond donors (Lipinski definition) is 2. The van der Waals surface area contributed by atoms with Crippen molar-refractivity contribution < 1.29 is 9.18 Å². The van der Waals surface area contributed by atoms with Gasteiger partial charge in [0.05, 0.1) is 4.88 Å². The van der Waals surface area contributed by atoms with Crippen LogP contribution in [0.4, 0.5) is 4.39 Å². The number of halogens is 1. The topological polar surface area (TPSA) is 55.1 Å². The summed E-state index contributed by atoms with van der Waals surface area (Å²) in [6, 6.07) is 4.61. The minimum Gasteiger partial charge on any atom is -0.351 e. The largest absolute Gasteiger partial charge is 0.351 e. The number of nitrogens with one attached hydrogen (secondary N) is 1. The number of thiophene rings is 1. The van der Waals surface area contributed by atoms with E-state index in [-0.39, 0.29) is 11.7 Å². The zero-order valence-electron chi connectivity index (χ0n) is 10.8. The van der Waals surface area contributed by atoms with Crippen LogP contribution in [0.2, 0.25) is 0 Å². The third kappa shape index (κ3) is 3.11. The van der Waals surface area contributed by atoms with Gasteiger partial charge in [-0.3, -0.25) is 4.79 Å². The van der Waals surface area contributed by atoms with Crippen LogP contribution in [0, 0.1) is 12.7 Å². The van der Waals surface area contributed by atoms with E-state index >= 15 is 0 Å². The van der Waals surface area contributed by atoms with Crippen LogP contribution in [0.15, 0.2) is 18.2 Å². The summed E-state index contributed by atoms with van der Waals surface area (Å²) in [7, 11) is 0. The van der Waals surface area contributed by atoms with Gasteiger partial charge in [-0.25, -0.2) is 4.39 Å². The Bertz CT molecular complexity index is 594. The van der Waals surface area contributed by atoms with Gasteiger partial charge in [-0.05, 0) is 55.5 Å². The molecule has 0 aliphatic carbocycles. The smallest absolute Gasteiger partial charge is 0.261 e. The fourth-order valence-electron chi connectivity index (χ4n) is 1.96. The molecule has 0 fully saturated rings. The molecule has 2 aromatic rings. The molecule has 0 saturated heterocycles. The summed E-state index contributed by atoms with van der Waals surface area (Å²) in [5, 5.41) is 3.69. The summed E-state index contributed by atoms with van der Waals surface area (Å²) < 4.78 is 14.1. The van der Waals surface area contributed by atoms with Gasteiger partial charge in [-0.15, -0.1) is 11.3 Å². The van der Waals surface area contributed by atoms with Crippen molar-refractivity contribution >= 4 is 27.3 Å². The number of aryl methyl sites for hydroxylation is 1. The van der Waals surface area contributed by atoms with Crippen molar-refractivity contribution in [2.24, 2.45) is 5.73 Å². The molecule has 0 radical (unpaired) electrons. The molecule has 0 saturated carbocycles. The highest BCUT2D eigenvalue weighted by atomic mass is 32.1. The number of rotatable bonds is 5. The Morgan fingerprint density at radius 3 is 2.95 bits per heavy atom. The zero-order chi connectivity index (χ0) is 13.8. The second-order valence-corrected chi connectivity index (χ2v) is 5.50. The van der Waals surface area contributed by atoms with E-state index in [0.29, 0.717) is 18.0 Å². The van der Waals surface area contributed by atoms with Crippen LogP contribution in [0.3, 0.4) is 0 Å². The summed E-state index contributed by atoms with van der Waals surface area (Å²) in [4.78, 5) is 12.7. The molecule has 1 aromatic carbocycles. The van der Waals surface area contributed by atoms with Crippen molar-refractivity contribution in [3.05, 3.63) is 34.5 Å². The number of benzene rings is 1. The van der Waals surface area contributed by atoms with Crippen LogP contribution in [0.25, 0.3) is 10.1 Å². The van der Waals surface area contributed by atoms with Crippen molar-refractivity contribution in [3.63, 3.8) is 0 Å². The molecule has 3 N–H and O–H groups in total. The molecule has 1 heterocycles. The van der Waals surface area contributed by atoms with Gasteiger partial charge in [0.25, 0.3) is 5.91 Å². The number of carbonyl (C=O) groups excluding carboxylic acids is 1. The highest BCUT2D eigenvalue weighted by Crippen LogP contribution is 2.31. The van der Waals surface area contributed by atoms with E-state index in [1.807, 2.05) is 6.92 Å². The molecular weight excluding hydrogens is 263 g/mol. The van der Waals surface area contributed by atoms with E-state index in [1.165, 1.54) is 23.5 Å². The second-order valence-electron chi connectivity index (χ2n) is 4.45. The lowest BCUT2D eigenvalue weighted by Crippen LogP contribution is -2.24. The number of fused-ring (bicyclic) bond motifs is 1. The monoisotopic (exact) mass is 280 g/mol. The van der Waals surface area contributed by atoms with Crippen molar-refractivity contribution in [2.75, 3.05) is 13.1 Å². The Morgan fingerprint density at radius 2 is 2.21 bits per heavy atom.